The zero-order valence-corrected chi connectivity index (χ0v) is 11.2. The standard InChI is InChI=1S/C12H14ClNO4/c1-7-9(13)6-8(12(16)18-3)10(14-7)4-5-11(15)17-2/h6H,4-5H2,1-3H3. The average Bonchev–Trinajstić information content (AvgIpc) is 2.38. The molecule has 0 aromatic carbocycles. The molecule has 0 saturated heterocycles. The Hall–Kier alpha value is -1.62. The molecule has 0 fully saturated rings. The van der Waals surface area contributed by atoms with Gasteiger partial charge in [0.1, 0.15) is 0 Å². The van der Waals surface area contributed by atoms with E-state index in [1.54, 1.807) is 6.92 Å². The van der Waals surface area contributed by atoms with Crippen LogP contribution in [0.2, 0.25) is 5.02 Å². The molecule has 18 heavy (non-hydrogen) atoms. The van der Waals surface area contributed by atoms with Crippen molar-refractivity contribution in [1.29, 1.82) is 0 Å². The first-order valence-corrected chi connectivity index (χ1v) is 5.68. The molecule has 0 atom stereocenters. The number of hydrogen-bond acceptors (Lipinski definition) is 5. The first-order chi connectivity index (χ1) is 8.49. The molecule has 98 valence electrons. The van der Waals surface area contributed by atoms with Crippen molar-refractivity contribution < 1.29 is 19.1 Å². The van der Waals surface area contributed by atoms with Gasteiger partial charge in [0.25, 0.3) is 0 Å². The molecular weight excluding hydrogens is 258 g/mol. The molecule has 0 unspecified atom stereocenters. The van der Waals surface area contributed by atoms with Crippen molar-refractivity contribution in [3.8, 4) is 0 Å². The van der Waals surface area contributed by atoms with E-state index in [-0.39, 0.29) is 18.0 Å². The summed E-state index contributed by atoms with van der Waals surface area (Å²) in [5, 5.41) is 0.386. The van der Waals surface area contributed by atoms with Gasteiger partial charge in [-0.1, -0.05) is 11.6 Å². The summed E-state index contributed by atoms with van der Waals surface area (Å²) in [6.07, 6.45) is 0.448. The molecule has 1 rings (SSSR count). The van der Waals surface area contributed by atoms with E-state index in [4.69, 9.17) is 11.6 Å². The molecule has 5 nitrogen and oxygen atoms in total. The van der Waals surface area contributed by atoms with Crippen LogP contribution in [0.15, 0.2) is 6.07 Å². The normalized spacial score (nSPS) is 10.0. The number of halogens is 1. The van der Waals surface area contributed by atoms with Gasteiger partial charge in [-0.3, -0.25) is 9.78 Å². The van der Waals surface area contributed by atoms with Gasteiger partial charge < -0.3 is 9.47 Å². The van der Waals surface area contributed by atoms with Gasteiger partial charge in [-0.2, -0.15) is 0 Å². The van der Waals surface area contributed by atoms with Crippen molar-refractivity contribution in [1.82, 2.24) is 4.98 Å². The maximum atomic E-state index is 11.6. The Morgan fingerprint density at radius 2 is 2.00 bits per heavy atom. The Labute approximate surface area is 110 Å². The maximum Gasteiger partial charge on any atom is 0.339 e. The molecule has 0 spiro atoms. The molecule has 1 heterocycles. The minimum atomic E-state index is -0.524. The Morgan fingerprint density at radius 3 is 2.56 bits per heavy atom. The third-order valence-electron chi connectivity index (χ3n) is 2.43. The zero-order chi connectivity index (χ0) is 13.7. The Balaban J connectivity index is 3.04. The van der Waals surface area contributed by atoms with Crippen LogP contribution in [0.25, 0.3) is 0 Å². The van der Waals surface area contributed by atoms with Crippen LogP contribution in [0.1, 0.15) is 28.2 Å². The smallest absolute Gasteiger partial charge is 0.339 e. The SMILES string of the molecule is COC(=O)CCc1nc(C)c(Cl)cc1C(=O)OC. The number of hydrogen-bond donors (Lipinski definition) is 0. The summed E-state index contributed by atoms with van der Waals surface area (Å²) in [4.78, 5) is 26.9. The summed E-state index contributed by atoms with van der Waals surface area (Å²) >= 11 is 5.91. The minimum absolute atomic E-state index is 0.147. The number of rotatable bonds is 4. The summed E-state index contributed by atoms with van der Waals surface area (Å²) in [6.45, 7) is 1.73. The highest BCUT2D eigenvalue weighted by molar-refractivity contribution is 6.31. The molecule has 0 aliphatic carbocycles. The average molecular weight is 272 g/mol. The Kier molecular flexibility index (Phi) is 5.09. The van der Waals surface area contributed by atoms with E-state index in [9.17, 15) is 9.59 Å². The van der Waals surface area contributed by atoms with Crippen LogP contribution in [-0.2, 0) is 20.7 Å². The van der Waals surface area contributed by atoms with Gasteiger partial charge in [0.15, 0.2) is 0 Å². The fourth-order valence-electron chi connectivity index (χ4n) is 1.43. The summed E-state index contributed by atoms with van der Waals surface area (Å²) in [6, 6.07) is 1.50. The van der Waals surface area contributed by atoms with Crippen molar-refractivity contribution in [2.75, 3.05) is 14.2 Å². The van der Waals surface area contributed by atoms with E-state index in [1.165, 1.54) is 20.3 Å². The summed E-state index contributed by atoms with van der Waals surface area (Å²) in [5.74, 6) is -0.885. The maximum absolute atomic E-state index is 11.6. The van der Waals surface area contributed by atoms with E-state index >= 15 is 0 Å². The van der Waals surface area contributed by atoms with Crippen LogP contribution in [0, 0.1) is 6.92 Å². The first-order valence-electron chi connectivity index (χ1n) is 5.30. The molecule has 0 bridgehead atoms. The molecular formula is C12H14ClNO4. The second-order valence-electron chi connectivity index (χ2n) is 3.62. The summed E-state index contributed by atoms with van der Waals surface area (Å²) in [5.41, 5.74) is 1.36. The van der Waals surface area contributed by atoms with Gasteiger partial charge in [-0.25, -0.2) is 4.79 Å². The number of ether oxygens (including phenoxy) is 2. The number of aryl methyl sites for hydroxylation is 2. The van der Waals surface area contributed by atoms with Crippen LogP contribution in [-0.4, -0.2) is 31.1 Å². The van der Waals surface area contributed by atoms with Crippen molar-refractivity contribution in [3.05, 3.63) is 28.0 Å². The highest BCUT2D eigenvalue weighted by Gasteiger charge is 2.16. The quantitative estimate of drug-likeness (QED) is 0.783. The van der Waals surface area contributed by atoms with Gasteiger partial charge in [0.05, 0.1) is 42.6 Å². The Bertz CT molecular complexity index is 473. The minimum Gasteiger partial charge on any atom is -0.469 e. The van der Waals surface area contributed by atoms with Gasteiger partial charge >= 0.3 is 11.9 Å². The van der Waals surface area contributed by atoms with E-state index in [0.717, 1.165) is 0 Å². The monoisotopic (exact) mass is 271 g/mol. The second-order valence-corrected chi connectivity index (χ2v) is 4.02. The number of aromatic nitrogens is 1. The largest absolute Gasteiger partial charge is 0.469 e. The fourth-order valence-corrected chi connectivity index (χ4v) is 1.58. The Morgan fingerprint density at radius 1 is 1.33 bits per heavy atom. The van der Waals surface area contributed by atoms with E-state index in [2.05, 4.69) is 14.5 Å². The van der Waals surface area contributed by atoms with E-state index in [1.807, 2.05) is 0 Å². The van der Waals surface area contributed by atoms with Gasteiger partial charge in [-0.05, 0) is 13.0 Å². The van der Waals surface area contributed by atoms with Gasteiger partial charge in [0, 0.05) is 6.42 Å². The lowest BCUT2D eigenvalue weighted by atomic mass is 10.1. The third kappa shape index (κ3) is 3.43. The molecule has 6 heteroatoms. The highest BCUT2D eigenvalue weighted by Crippen LogP contribution is 2.19. The molecule has 0 N–H and O–H groups in total. The molecule has 1 aromatic rings. The lowest BCUT2D eigenvalue weighted by molar-refractivity contribution is -0.140. The van der Waals surface area contributed by atoms with E-state index in [0.29, 0.717) is 22.8 Å². The molecule has 1 aromatic heterocycles. The predicted octanol–water partition coefficient (Wildman–Crippen LogP) is 1.94. The van der Waals surface area contributed by atoms with Crippen LogP contribution in [0.5, 0.6) is 0 Å². The number of methoxy groups -OCH3 is 2. The van der Waals surface area contributed by atoms with Crippen LogP contribution < -0.4 is 0 Å². The molecule has 0 amide bonds. The van der Waals surface area contributed by atoms with Crippen molar-refractivity contribution in [2.45, 2.75) is 19.8 Å². The number of nitrogens with zero attached hydrogens (tertiary/aromatic N) is 1. The van der Waals surface area contributed by atoms with Crippen LogP contribution in [0.3, 0.4) is 0 Å². The topological polar surface area (TPSA) is 65.5 Å². The second kappa shape index (κ2) is 6.35. The molecule has 0 radical (unpaired) electrons. The molecule has 0 aliphatic rings. The fraction of sp³-hybridized carbons (Fsp3) is 0.417. The predicted molar refractivity (Wildman–Crippen MR) is 65.7 cm³/mol. The van der Waals surface area contributed by atoms with E-state index < -0.39 is 5.97 Å². The number of carbonyl (C=O) groups excluding carboxylic acids is 2. The molecule has 0 saturated carbocycles. The summed E-state index contributed by atoms with van der Waals surface area (Å²) in [7, 11) is 2.59. The first kappa shape index (κ1) is 14.4. The molecule has 0 aliphatic heterocycles. The van der Waals surface area contributed by atoms with Crippen LogP contribution >= 0.6 is 11.6 Å². The lowest BCUT2D eigenvalue weighted by Gasteiger charge is -2.09. The zero-order valence-electron chi connectivity index (χ0n) is 10.4. The number of esters is 2. The highest BCUT2D eigenvalue weighted by atomic mass is 35.5. The van der Waals surface area contributed by atoms with Crippen molar-refractivity contribution in [2.24, 2.45) is 0 Å². The van der Waals surface area contributed by atoms with Crippen LogP contribution in [0.4, 0.5) is 0 Å². The van der Waals surface area contributed by atoms with Gasteiger partial charge in [-0.15, -0.1) is 0 Å². The number of pyridine rings is 1. The number of carbonyl (C=O) groups is 2. The van der Waals surface area contributed by atoms with Crippen molar-refractivity contribution >= 4 is 23.5 Å². The van der Waals surface area contributed by atoms with Gasteiger partial charge in [0.2, 0.25) is 0 Å². The van der Waals surface area contributed by atoms with Crippen molar-refractivity contribution in [3.63, 3.8) is 0 Å². The summed E-state index contributed by atoms with van der Waals surface area (Å²) < 4.78 is 9.19. The third-order valence-corrected chi connectivity index (χ3v) is 2.81. The lowest BCUT2D eigenvalue weighted by Crippen LogP contribution is -2.11.